The molecule has 4 aromatic heterocycles. The van der Waals surface area contributed by atoms with Gasteiger partial charge in [0.1, 0.15) is 22.7 Å². The number of aliphatic hydroxyl groups excluding tert-OH is 1. The molecular formula is C19H13F3N6O. The highest BCUT2D eigenvalue weighted by Crippen LogP contribution is 2.30. The van der Waals surface area contributed by atoms with Crippen molar-refractivity contribution in [3.63, 3.8) is 0 Å². The third kappa shape index (κ3) is 3.59. The van der Waals surface area contributed by atoms with E-state index >= 15 is 0 Å². The van der Waals surface area contributed by atoms with Crippen molar-refractivity contribution in [2.45, 2.75) is 6.18 Å². The molecule has 0 aliphatic carbocycles. The lowest BCUT2D eigenvalue weighted by atomic mass is 10.2. The molecule has 146 valence electrons. The molecule has 0 saturated carbocycles. The second kappa shape index (κ2) is 6.89. The number of pyridine rings is 2. The predicted molar refractivity (Wildman–Crippen MR) is 100 cm³/mol. The number of hydrogen-bond acceptors (Lipinski definition) is 6. The summed E-state index contributed by atoms with van der Waals surface area (Å²) in [7, 11) is 0. The molecule has 4 heterocycles. The van der Waals surface area contributed by atoms with Crippen molar-refractivity contribution in [3.05, 3.63) is 72.8 Å². The molecule has 0 aliphatic rings. The maximum atomic E-state index is 13.0. The quantitative estimate of drug-likeness (QED) is 0.493. The van der Waals surface area contributed by atoms with E-state index in [1.165, 1.54) is 29.0 Å². The number of aromatic nitrogens is 5. The van der Waals surface area contributed by atoms with Gasteiger partial charge in [0, 0.05) is 18.6 Å². The highest BCUT2D eigenvalue weighted by molar-refractivity contribution is 5.79. The minimum Gasteiger partial charge on any atom is -0.508 e. The van der Waals surface area contributed by atoms with Gasteiger partial charge in [0.05, 0.1) is 11.3 Å². The van der Waals surface area contributed by atoms with E-state index in [9.17, 15) is 18.3 Å². The number of hydrogen-bond donors (Lipinski definition) is 2. The SMILES string of the molecule is C=C(O)c1cnccc1Nc1nc(-c2cccc(C(F)(F)F)n2)nn2cccc12. The molecular weight excluding hydrogens is 385 g/mol. The van der Waals surface area contributed by atoms with E-state index in [1.54, 1.807) is 24.4 Å². The predicted octanol–water partition coefficient (Wildman–Crippen LogP) is 4.48. The summed E-state index contributed by atoms with van der Waals surface area (Å²) < 4.78 is 40.5. The molecule has 2 N–H and O–H groups in total. The number of anilines is 2. The van der Waals surface area contributed by atoms with Gasteiger partial charge in [0.2, 0.25) is 5.82 Å². The summed E-state index contributed by atoms with van der Waals surface area (Å²) in [4.78, 5) is 11.9. The van der Waals surface area contributed by atoms with Crippen molar-refractivity contribution in [1.29, 1.82) is 0 Å². The number of alkyl halides is 3. The van der Waals surface area contributed by atoms with E-state index in [2.05, 4.69) is 31.9 Å². The van der Waals surface area contributed by atoms with Crippen molar-refractivity contribution < 1.29 is 18.3 Å². The largest absolute Gasteiger partial charge is 0.508 e. The van der Waals surface area contributed by atoms with Crippen LogP contribution in [0.25, 0.3) is 22.8 Å². The first-order valence-electron chi connectivity index (χ1n) is 8.32. The number of fused-ring (bicyclic) bond motifs is 1. The molecule has 10 heteroatoms. The molecule has 7 nitrogen and oxygen atoms in total. The van der Waals surface area contributed by atoms with Crippen LogP contribution >= 0.6 is 0 Å². The number of rotatable bonds is 4. The van der Waals surface area contributed by atoms with Gasteiger partial charge in [-0.3, -0.25) is 4.98 Å². The van der Waals surface area contributed by atoms with Gasteiger partial charge in [-0.1, -0.05) is 12.6 Å². The topological polar surface area (TPSA) is 88.2 Å². The summed E-state index contributed by atoms with van der Waals surface area (Å²) in [6.45, 7) is 3.50. The fourth-order valence-corrected chi connectivity index (χ4v) is 2.71. The molecule has 0 spiro atoms. The second-order valence-electron chi connectivity index (χ2n) is 6.02. The molecule has 29 heavy (non-hydrogen) atoms. The third-order valence-corrected chi connectivity index (χ3v) is 4.04. The van der Waals surface area contributed by atoms with E-state index in [4.69, 9.17) is 0 Å². The molecule has 0 aliphatic heterocycles. The number of nitrogens with one attached hydrogen (secondary N) is 1. The third-order valence-electron chi connectivity index (χ3n) is 4.04. The van der Waals surface area contributed by atoms with E-state index < -0.39 is 11.9 Å². The van der Waals surface area contributed by atoms with Crippen molar-refractivity contribution in [1.82, 2.24) is 24.6 Å². The fourth-order valence-electron chi connectivity index (χ4n) is 2.71. The van der Waals surface area contributed by atoms with Gasteiger partial charge >= 0.3 is 6.18 Å². The molecule has 4 aromatic rings. The van der Waals surface area contributed by atoms with Gasteiger partial charge < -0.3 is 10.4 Å². The summed E-state index contributed by atoms with van der Waals surface area (Å²) in [5, 5.41) is 17.1. The Hall–Kier alpha value is -3.95. The average Bonchev–Trinajstić information content (AvgIpc) is 3.17. The van der Waals surface area contributed by atoms with Crippen LogP contribution in [0, 0.1) is 0 Å². The first-order chi connectivity index (χ1) is 13.8. The van der Waals surface area contributed by atoms with Gasteiger partial charge in [0.25, 0.3) is 0 Å². The first-order valence-corrected chi connectivity index (χ1v) is 8.32. The number of nitrogens with zero attached hydrogens (tertiary/aromatic N) is 5. The van der Waals surface area contributed by atoms with Crippen LogP contribution in [0.5, 0.6) is 0 Å². The Morgan fingerprint density at radius 3 is 2.69 bits per heavy atom. The lowest BCUT2D eigenvalue weighted by Crippen LogP contribution is -2.10. The zero-order valence-electron chi connectivity index (χ0n) is 14.7. The first kappa shape index (κ1) is 18.4. The van der Waals surface area contributed by atoms with Gasteiger partial charge in [0.15, 0.2) is 5.82 Å². The Balaban J connectivity index is 1.83. The average molecular weight is 398 g/mol. The molecule has 0 aromatic carbocycles. The van der Waals surface area contributed by atoms with Crippen LogP contribution < -0.4 is 5.32 Å². The van der Waals surface area contributed by atoms with Crippen LogP contribution in [0.1, 0.15) is 11.3 Å². The Morgan fingerprint density at radius 2 is 1.93 bits per heavy atom. The van der Waals surface area contributed by atoms with Gasteiger partial charge in [-0.2, -0.15) is 13.2 Å². The minimum atomic E-state index is -4.58. The molecule has 0 bridgehead atoms. The van der Waals surface area contributed by atoms with Crippen LogP contribution in [-0.4, -0.2) is 29.7 Å². The lowest BCUT2D eigenvalue weighted by molar-refractivity contribution is -0.141. The summed E-state index contributed by atoms with van der Waals surface area (Å²) in [5.41, 5.74) is 0.340. The highest BCUT2D eigenvalue weighted by atomic mass is 19.4. The monoisotopic (exact) mass is 398 g/mol. The molecule has 0 fully saturated rings. The number of aliphatic hydroxyl groups is 1. The zero-order valence-corrected chi connectivity index (χ0v) is 14.7. The van der Waals surface area contributed by atoms with Crippen molar-refractivity contribution in [3.8, 4) is 11.5 Å². The van der Waals surface area contributed by atoms with Gasteiger partial charge in [-0.15, -0.1) is 5.10 Å². The maximum absolute atomic E-state index is 13.0. The van der Waals surface area contributed by atoms with Gasteiger partial charge in [-0.05, 0) is 30.3 Å². The lowest BCUT2D eigenvalue weighted by Gasteiger charge is -2.13. The molecule has 0 saturated heterocycles. The number of halogens is 3. The Labute approximate surface area is 162 Å². The van der Waals surface area contributed by atoms with Crippen molar-refractivity contribution in [2.24, 2.45) is 0 Å². The molecule has 0 radical (unpaired) electrons. The normalized spacial score (nSPS) is 11.6. The fraction of sp³-hybridized carbons (Fsp3) is 0.0526. The van der Waals surface area contributed by atoms with E-state index in [-0.39, 0.29) is 17.3 Å². The van der Waals surface area contributed by atoms with Crippen LogP contribution in [-0.2, 0) is 6.18 Å². The maximum Gasteiger partial charge on any atom is 0.433 e. The van der Waals surface area contributed by atoms with Crippen LogP contribution in [0.4, 0.5) is 24.7 Å². The standard InChI is InChI=1S/C19H13F3N6O/c1-11(29)12-10-23-8-7-13(12)25-18-15-5-3-9-28(15)27-17(26-18)14-4-2-6-16(24-14)19(20,21)22/h2-10,29H,1H2,(H,23,25,26,27). The Bertz CT molecular complexity index is 1220. The zero-order chi connectivity index (χ0) is 20.6. The Kier molecular flexibility index (Phi) is 4.38. The molecule has 0 amide bonds. The molecule has 0 atom stereocenters. The summed E-state index contributed by atoms with van der Waals surface area (Å²) in [6.07, 6.45) is -0.00314. The summed E-state index contributed by atoms with van der Waals surface area (Å²) in [6, 6.07) is 8.60. The van der Waals surface area contributed by atoms with E-state index in [0.717, 1.165) is 6.07 Å². The molecule has 0 unspecified atom stereocenters. The second-order valence-corrected chi connectivity index (χ2v) is 6.02. The van der Waals surface area contributed by atoms with Gasteiger partial charge in [-0.25, -0.2) is 14.5 Å². The Morgan fingerprint density at radius 1 is 1.10 bits per heavy atom. The summed E-state index contributed by atoms with van der Waals surface area (Å²) in [5.74, 6) is 0.120. The van der Waals surface area contributed by atoms with E-state index in [0.29, 0.717) is 22.6 Å². The van der Waals surface area contributed by atoms with Crippen LogP contribution in [0.2, 0.25) is 0 Å². The van der Waals surface area contributed by atoms with Crippen molar-refractivity contribution in [2.75, 3.05) is 5.32 Å². The van der Waals surface area contributed by atoms with Crippen LogP contribution in [0.3, 0.4) is 0 Å². The summed E-state index contributed by atoms with van der Waals surface area (Å²) >= 11 is 0. The van der Waals surface area contributed by atoms with E-state index in [1.807, 2.05) is 0 Å². The molecule has 4 rings (SSSR count). The minimum absolute atomic E-state index is 0.000677. The smallest absolute Gasteiger partial charge is 0.433 e. The van der Waals surface area contributed by atoms with Crippen molar-refractivity contribution >= 4 is 22.8 Å². The van der Waals surface area contributed by atoms with Crippen LogP contribution in [0.15, 0.2) is 61.6 Å². The highest BCUT2D eigenvalue weighted by Gasteiger charge is 2.32.